The van der Waals surface area contributed by atoms with Gasteiger partial charge in [0, 0.05) is 35.9 Å². The fraction of sp³-hybridized carbons (Fsp3) is 0.0417. The van der Waals surface area contributed by atoms with Crippen LogP contribution in [0.15, 0.2) is 170 Å². The minimum atomic E-state index is 1.13. The Hall–Kier alpha value is -6.38. The van der Waals surface area contributed by atoms with Crippen LogP contribution in [0.3, 0.4) is 0 Å². The Labute approximate surface area is 292 Å². The van der Waals surface area contributed by atoms with Crippen molar-refractivity contribution < 1.29 is 0 Å². The van der Waals surface area contributed by atoms with E-state index in [-0.39, 0.29) is 0 Å². The Kier molecular flexibility index (Phi) is 7.29. The van der Waals surface area contributed by atoms with Crippen LogP contribution in [0.4, 0.5) is 0 Å². The highest BCUT2D eigenvalue weighted by atomic mass is 14.6. The molecule has 9 aromatic rings. The molecule has 9 rings (SSSR count). The third kappa shape index (κ3) is 5.32. The minimum Gasteiger partial charge on any atom is -0.264 e. The third-order valence-electron chi connectivity index (χ3n) is 9.87. The predicted molar refractivity (Wildman–Crippen MR) is 211 cm³/mol. The number of benzene rings is 7. The number of hydrogen-bond acceptors (Lipinski definition) is 2. The molecule has 0 aliphatic carbocycles. The fourth-order valence-electron chi connectivity index (χ4n) is 7.43. The number of aryl methyl sites for hydroxylation is 2. The van der Waals surface area contributed by atoms with Gasteiger partial charge in [0.15, 0.2) is 0 Å². The maximum Gasteiger partial charge on any atom is 0.0346 e. The van der Waals surface area contributed by atoms with Crippen molar-refractivity contribution in [1.82, 2.24) is 9.97 Å². The lowest BCUT2D eigenvalue weighted by Crippen LogP contribution is -1.92. The monoisotopic (exact) mass is 638 g/mol. The van der Waals surface area contributed by atoms with E-state index in [1.807, 2.05) is 24.8 Å². The van der Waals surface area contributed by atoms with Crippen LogP contribution in [0, 0.1) is 13.8 Å². The third-order valence-corrected chi connectivity index (χ3v) is 9.87. The number of fused-ring (bicyclic) bond motifs is 3. The zero-order chi connectivity index (χ0) is 33.6. The zero-order valence-corrected chi connectivity index (χ0v) is 28.1. The summed E-state index contributed by atoms with van der Waals surface area (Å²) in [5.74, 6) is 0. The summed E-state index contributed by atoms with van der Waals surface area (Å²) in [6.07, 6.45) is 7.68. The van der Waals surface area contributed by atoms with Gasteiger partial charge in [-0.15, -0.1) is 0 Å². The van der Waals surface area contributed by atoms with Crippen LogP contribution in [0.25, 0.3) is 88.0 Å². The first-order valence-electron chi connectivity index (χ1n) is 17.1. The Morgan fingerprint density at radius 2 is 0.740 bits per heavy atom. The van der Waals surface area contributed by atoms with Crippen LogP contribution in [0.5, 0.6) is 0 Å². The summed E-state index contributed by atoms with van der Waals surface area (Å²) in [6, 6.07) is 53.6. The lowest BCUT2D eigenvalue weighted by atomic mass is 9.84. The van der Waals surface area contributed by atoms with Crippen molar-refractivity contribution in [3.05, 3.63) is 182 Å². The molecule has 7 aromatic carbocycles. The standard InChI is InChI=1S/C48H34N2/c1-31-23-41(29-49-27-31)34-11-16-36(17-12-34)47-43-9-5-6-10-44(43)48(37-18-13-35(14-19-37)42-24-32(2)28-50-30-42)46-26-40(21-22-45(46)47)39-20-15-33-7-3-4-8-38(33)25-39/h3-30H,1-2H3. The van der Waals surface area contributed by atoms with E-state index in [2.05, 4.69) is 169 Å². The molecule has 0 saturated heterocycles. The van der Waals surface area contributed by atoms with Gasteiger partial charge in [-0.1, -0.05) is 121 Å². The maximum atomic E-state index is 4.44. The topological polar surface area (TPSA) is 25.8 Å². The quantitative estimate of drug-likeness (QED) is 0.175. The molecule has 2 aromatic heterocycles. The summed E-state index contributed by atoms with van der Waals surface area (Å²) in [7, 11) is 0. The summed E-state index contributed by atoms with van der Waals surface area (Å²) in [5, 5.41) is 7.45. The molecule has 2 nitrogen and oxygen atoms in total. The molecule has 0 amide bonds. The molecule has 0 saturated carbocycles. The van der Waals surface area contributed by atoms with Gasteiger partial charge in [0.1, 0.15) is 0 Å². The Morgan fingerprint density at radius 3 is 1.32 bits per heavy atom. The minimum absolute atomic E-state index is 1.13. The number of pyridine rings is 2. The molecule has 236 valence electrons. The second-order valence-corrected chi connectivity index (χ2v) is 13.3. The van der Waals surface area contributed by atoms with Gasteiger partial charge in [-0.25, -0.2) is 0 Å². The number of hydrogen-bond donors (Lipinski definition) is 0. The molecule has 0 bridgehead atoms. The molecule has 2 heteroatoms. The summed E-state index contributed by atoms with van der Waals surface area (Å²) < 4.78 is 0. The van der Waals surface area contributed by atoms with Crippen LogP contribution >= 0.6 is 0 Å². The van der Waals surface area contributed by atoms with E-state index in [4.69, 9.17) is 0 Å². The first-order valence-corrected chi connectivity index (χ1v) is 17.1. The molecular formula is C48H34N2. The predicted octanol–water partition coefficient (Wildman–Crippen LogP) is 12.9. The first-order chi connectivity index (χ1) is 24.6. The molecule has 0 radical (unpaired) electrons. The summed E-state index contributed by atoms with van der Waals surface area (Å²) >= 11 is 0. The van der Waals surface area contributed by atoms with E-state index in [1.165, 1.54) is 65.7 Å². The van der Waals surface area contributed by atoms with Gasteiger partial charge in [0.25, 0.3) is 0 Å². The van der Waals surface area contributed by atoms with Gasteiger partial charge in [0.05, 0.1) is 0 Å². The van der Waals surface area contributed by atoms with Crippen molar-refractivity contribution in [1.29, 1.82) is 0 Å². The molecular weight excluding hydrogens is 605 g/mol. The number of rotatable bonds is 5. The van der Waals surface area contributed by atoms with E-state index in [9.17, 15) is 0 Å². The molecule has 0 aliphatic heterocycles. The van der Waals surface area contributed by atoms with E-state index in [0.717, 1.165) is 33.4 Å². The van der Waals surface area contributed by atoms with E-state index >= 15 is 0 Å². The average Bonchev–Trinajstić information content (AvgIpc) is 3.17. The van der Waals surface area contributed by atoms with Gasteiger partial charge in [0.2, 0.25) is 0 Å². The Bertz CT molecular complexity index is 2700. The number of aromatic nitrogens is 2. The van der Waals surface area contributed by atoms with Crippen molar-refractivity contribution >= 4 is 32.3 Å². The lowest BCUT2D eigenvalue weighted by Gasteiger charge is -2.19. The van der Waals surface area contributed by atoms with E-state index in [1.54, 1.807) is 0 Å². The summed E-state index contributed by atoms with van der Waals surface area (Å²) in [6.45, 7) is 4.18. The largest absolute Gasteiger partial charge is 0.264 e. The summed E-state index contributed by atoms with van der Waals surface area (Å²) in [4.78, 5) is 8.88. The van der Waals surface area contributed by atoms with Crippen LogP contribution in [-0.4, -0.2) is 9.97 Å². The molecule has 0 N–H and O–H groups in total. The van der Waals surface area contributed by atoms with E-state index < -0.39 is 0 Å². The highest BCUT2D eigenvalue weighted by molar-refractivity contribution is 6.22. The Balaban J connectivity index is 1.28. The normalized spacial score (nSPS) is 11.4. The Morgan fingerprint density at radius 1 is 0.300 bits per heavy atom. The smallest absolute Gasteiger partial charge is 0.0346 e. The van der Waals surface area contributed by atoms with Crippen molar-refractivity contribution in [3.8, 4) is 55.6 Å². The van der Waals surface area contributed by atoms with Crippen LogP contribution < -0.4 is 0 Å². The number of nitrogens with zero attached hydrogens (tertiary/aromatic N) is 2. The average molecular weight is 639 g/mol. The van der Waals surface area contributed by atoms with Crippen LogP contribution in [0.1, 0.15) is 11.1 Å². The second-order valence-electron chi connectivity index (χ2n) is 13.3. The molecule has 2 heterocycles. The lowest BCUT2D eigenvalue weighted by molar-refractivity contribution is 1.27. The van der Waals surface area contributed by atoms with Gasteiger partial charge in [-0.3, -0.25) is 9.97 Å². The fourth-order valence-corrected chi connectivity index (χ4v) is 7.43. The molecule has 0 fully saturated rings. The highest BCUT2D eigenvalue weighted by Gasteiger charge is 2.18. The van der Waals surface area contributed by atoms with Gasteiger partial charge >= 0.3 is 0 Å². The van der Waals surface area contributed by atoms with Crippen LogP contribution in [-0.2, 0) is 0 Å². The second kappa shape index (κ2) is 12.3. The molecule has 0 atom stereocenters. The molecule has 0 aliphatic rings. The van der Waals surface area contributed by atoms with Crippen molar-refractivity contribution in [2.45, 2.75) is 13.8 Å². The summed E-state index contributed by atoms with van der Waals surface area (Å²) in [5.41, 5.74) is 14.2. The van der Waals surface area contributed by atoms with Gasteiger partial charge < -0.3 is 0 Å². The zero-order valence-electron chi connectivity index (χ0n) is 28.1. The van der Waals surface area contributed by atoms with Crippen molar-refractivity contribution in [3.63, 3.8) is 0 Å². The maximum absolute atomic E-state index is 4.44. The molecule has 0 spiro atoms. The van der Waals surface area contributed by atoms with Crippen molar-refractivity contribution in [2.75, 3.05) is 0 Å². The highest BCUT2D eigenvalue weighted by Crippen LogP contribution is 2.45. The van der Waals surface area contributed by atoms with Crippen LogP contribution in [0.2, 0.25) is 0 Å². The van der Waals surface area contributed by atoms with Gasteiger partial charge in [-0.2, -0.15) is 0 Å². The SMILES string of the molecule is Cc1cncc(-c2ccc(-c3c4ccccc4c(-c4ccc(-c5cncc(C)c5)cc4)c4cc(-c5ccc6ccccc6c5)ccc34)cc2)c1. The van der Waals surface area contributed by atoms with E-state index in [0.29, 0.717) is 0 Å². The molecule has 0 unspecified atom stereocenters. The van der Waals surface area contributed by atoms with Crippen molar-refractivity contribution in [2.24, 2.45) is 0 Å². The molecule has 50 heavy (non-hydrogen) atoms. The van der Waals surface area contributed by atoms with Gasteiger partial charge in [-0.05, 0) is 126 Å². The first kappa shape index (κ1) is 29.7.